The second-order valence-corrected chi connectivity index (χ2v) is 7.37. The number of hydrogen-bond acceptors (Lipinski definition) is 2. The van der Waals surface area contributed by atoms with Crippen LogP contribution >= 0.6 is 11.6 Å². The highest BCUT2D eigenvalue weighted by atomic mass is 35.5. The summed E-state index contributed by atoms with van der Waals surface area (Å²) in [4.78, 5) is 15.3. The Morgan fingerprint density at radius 2 is 1.80 bits per heavy atom. The van der Waals surface area contributed by atoms with Gasteiger partial charge in [0.25, 0.3) is 0 Å². The van der Waals surface area contributed by atoms with Crippen LogP contribution in [0.3, 0.4) is 0 Å². The fourth-order valence-electron chi connectivity index (χ4n) is 3.22. The fourth-order valence-corrected chi connectivity index (χ4v) is 3.35. The zero-order chi connectivity index (χ0) is 20.8. The van der Waals surface area contributed by atoms with Crippen LogP contribution in [0.25, 0.3) is 10.9 Å². The van der Waals surface area contributed by atoms with Crippen LogP contribution in [0.1, 0.15) is 11.1 Å². The first kappa shape index (κ1) is 19.9. The molecule has 0 radical (unpaired) electrons. The molecule has 0 spiro atoms. The van der Waals surface area contributed by atoms with Crippen molar-refractivity contribution in [1.82, 2.24) is 10.3 Å². The number of urea groups is 1. The molecule has 6 heteroatoms. The highest BCUT2D eigenvalue weighted by Gasteiger charge is 2.07. The van der Waals surface area contributed by atoms with Gasteiger partial charge in [-0.2, -0.15) is 0 Å². The van der Waals surface area contributed by atoms with Gasteiger partial charge in [0.15, 0.2) is 0 Å². The number of fused-ring (bicyclic) bond motifs is 1. The number of H-pyrrole nitrogens is 1. The number of carbonyl (C=O) groups excluding carboxylic acids is 1. The van der Waals surface area contributed by atoms with Gasteiger partial charge in [-0.1, -0.05) is 41.9 Å². The van der Waals surface area contributed by atoms with E-state index in [9.17, 15) is 4.79 Å². The van der Waals surface area contributed by atoms with Gasteiger partial charge in [0, 0.05) is 40.4 Å². The molecule has 30 heavy (non-hydrogen) atoms. The molecule has 0 bridgehead atoms. The van der Waals surface area contributed by atoms with Crippen LogP contribution in [0.4, 0.5) is 10.5 Å². The van der Waals surface area contributed by atoms with Crippen molar-refractivity contribution in [2.75, 3.05) is 11.9 Å². The minimum Gasteiger partial charge on any atom is -0.489 e. The highest BCUT2D eigenvalue weighted by molar-refractivity contribution is 6.30. The second-order valence-electron chi connectivity index (χ2n) is 6.93. The SMILES string of the molecule is O=C(NCCc1c[nH]c2cc(OCc3ccccc3)ccc12)Nc1ccc(Cl)cc1. The molecule has 5 nitrogen and oxygen atoms in total. The van der Waals surface area contributed by atoms with E-state index in [2.05, 4.69) is 21.7 Å². The summed E-state index contributed by atoms with van der Waals surface area (Å²) in [6.45, 7) is 1.06. The molecule has 4 rings (SSSR count). The molecule has 0 saturated carbocycles. The molecule has 0 unspecified atom stereocenters. The Morgan fingerprint density at radius 3 is 2.60 bits per heavy atom. The Morgan fingerprint density at radius 1 is 1.00 bits per heavy atom. The van der Waals surface area contributed by atoms with Gasteiger partial charge in [-0.05, 0) is 53.9 Å². The highest BCUT2D eigenvalue weighted by Crippen LogP contribution is 2.24. The lowest BCUT2D eigenvalue weighted by Gasteiger charge is -2.08. The van der Waals surface area contributed by atoms with Crippen molar-refractivity contribution in [1.29, 1.82) is 0 Å². The third kappa shape index (κ3) is 5.13. The van der Waals surface area contributed by atoms with Crippen molar-refractivity contribution < 1.29 is 9.53 Å². The first-order valence-corrected chi connectivity index (χ1v) is 10.1. The van der Waals surface area contributed by atoms with E-state index in [-0.39, 0.29) is 6.03 Å². The molecular formula is C24H22ClN3O2. The maximum Gasteiger partial charge on any atom is 0.319 e. The quantitative estimate of drug-likeness (QED) is 0.356. The number of anilines is 1. The van der Waals surface area contributed by atoms with Gasteiger partial charge in [0.1, 0.15) is 12.4 Å². The molecule has 0 fully saturated rings. The van der Waals surface area contributed by atoms with Gasteiger partial charge in [0.2, 0.25) is 0 Å². The first-order valence-electron chi connectivity index (χ1n) is 9.74. The summed E-state index contributed by atoms with van der Waals surface area (Å²) in [7, 11) is 0. The van der Waals surface area contributed by atoms with Crippen LogP contribution in [-0.2, 0) is 13.0 Å². The van der Waals surface area contributed by atoms with Crippen LogP contribution in [0, 0.1) is 0 Å². The maximum absolute atomic E-state index is 12.0. The largest absolute Gasteiger partial charge is 0.489 e. The summed E-state index contributed by atoms with van der Waals surface area (Å²) >= 11 is 5.85. The number of halogens is 1. The predicted molar refractivity (Wildman–Crippen MR) is 121 cm³/mol. The van der Waals surface area contributed by atoms with Gasteiger partial charge in [-0.3, -0.25) is 0 Å². The van der Waals surface area contributed by atoms with E-state index in [4.69, 9.17) is 16.3 Å². The van der Waals surface area contributed by atoms with E-state index < -0.39 is 0 Å². The Kier molecular flexibility index (Phi) is 6.20. The maximum atomic E-state index is 12.0. The van der Waals surface area contributed by atoms with Gasteiger partial charge >= 0.3 is 6.03 Å². The van der Waals surface area contributed by atoms with Crippen LogP contribution < -0.4 is 15.4 Å². The summed E-state index contributed by atoms with van der Waals surface area (Å²) in [6, 6.07) is 22.9. The first-order chi connectivity index (χ1) is 14.7. The van der Waals surface area contributed by atoms with E-state index in [0.29, 0.717) is 23.9 Å². The molecule has 0 saturated heterocycles. The summed E-state index contributed by atoms with van der Waals surface area (Å²) in [6.07, 6.45) is 2.70. The molecule has 3 N–H and O–H groups in total. The van der Waals surface area contributed by atoms with Crippen LogP contribution in [-0.4, -0.2) is 17.6 Å². The smallest absolute Gasteiger partial charge is 0.319 e. The zero-order valence-corrected chi connectivity index (χ0v) is 17.1. The molecule has 3 aromatic carbocycles. The van der Waals surface area contributed by atoms with E-state index in [0.717, 1.165) is 34.2 Å². The van der Waals surface area contributed by atoms with Crippen molar-refractivity contribution in [2.24, 2.45) is 0 Å². The number of rotatable bonds is 7. The van der Waals surface area contributed by atoms with E-state index in [1.807, 2.05) is 48.7 Å². The molecule has 0 aliphatic carbocycles. The summed E-state index contributed by atoms with van der Waals surface area (Å²) < 4.78 is 5.89. The summed E-state index contributed by atoms with van der Waals surface area (Å²) in [5.74, 6) is 0.820. The average Bonchev–Trinajstić information content (AvgIpc) is 3.17. The molecular weight excluding hydrogens is 398 g/mol. The standard InChI is InChI=1S/C24H22ClN3O2/c25-19-6-8-20(9-7-19)28-24(29)26-13-12-18-15-27-23-14-21(10-11-22(18)23)30-16-17-4-2-1-3-5-17/h1-11,14-15,27H,12-13,16H2,(H2,26,28,29). The number of carbonyl (C=O) groups is 1. The van der Waals surface area contributed by atoms with Crippen molar-refractivity contribution in [3.05, 3.63) is 95.1 Å². The summed E-state index contributed by atoms with van der Waals surface area (Å²) in [5.41, 5.74) is 3.99. The third-order valence-corrected chi connectivity index (χ3v) is 5.02. The lowest BCUT2D eigenvalue weighted by atomic mass is 10.1. The predicted octanol–water partition coefficient (Wildman–Crippen LogP) is 5.76. The number of aromatic amines is 1. The molecule has 152 valence electrons. The van der Waals surface area contributed by atoms with Crippen LogP contribution in [0.5, 0.6) is 5.75 Å². The van der Waals surface area contributed by atoms with Gasteiger partial charge in [0.05, 0.1) is 0 Å². The minimum absolute atomic E-state index is 0.242. The third-order valence-electron chi connectivity index (χ3n) is 4.77. The number of ether oxygens (including phenoxy) is 1. The fraction of sp³-hybridized carbons (Fsp3) is 0.125. The monoisotopic (exact) mass is 419 g/mol. The Bertz CT molecular complexity index is 1120. The van der Waals surface area contributed by atoms with E-state index in [1.54, 1.807) is 24.3 Å². The van der Waals surface area contributed by atoms with Gasteiger partial charge < -0.3 is 20.4 Å². The lowest BCUT2D eigenvalue weighted by molar-refractivity contribution is 0.252. The van der Waals surface area contributed by atoms with Crippen molar-refractivity contribution in [2.45, 2.75) is 13.0 Å². The van der Waals surface area contributed by atoms with Gasteiger partial charge in [-0.25, -0.2) is 4.79 Å². The minimum atomic E-state index is -0.242. The van der Waals surface area contributed by atoms with Gasteiger partial charge in [-0.15, -0.1) is 0 Å². The summed E-state index contributed by atoms with van der Waals surface area (Å²) in [5, 5.41) is 7.43. The van der Waals surface area contributed by atoms with E-state index in [1.165, 1.54) is 0 Å². The number of amides is 2. The molecule has 1 heterocycles. The van der Waals surface area contributed by atoms with E-state index >= 15 is 0 Å². The number of hydrogen-bond donors (Lipinski definition) is 3. The average molecular weight is 420 g/mol. The molecule has 0 aliphatic heterocycles. The van der Waals surface area contributed by atoms with Crippen LogP contribution in [0.15, 0.2) is 79.0 Å². The Hall–Kier alpha value is -3.44. The normalized spacial score (nSPS) is 10.7. The molecule has 1 aromatic heterocycles. The Labute approximate surface area is 180 Å². The number of benzene rings is 3. The Balaban J connectivity index is 1.30. The molecule has 0 aliphatic rings. The number of nitrogens with one attached hydrogen (secondary N) is 3. The second kappa shape index (κ2) is 9.37. The van der Waals surface area contributed by atoms with Crippen LogP contribution in [0.2, 0.25) is 5.02 Å². The molecule has 4 aromatic rings. The molecule has 0 atom stereocenters. The van der Waals surface area contributed by atoms with Crippen molar-refractivity contribution >= 4 is 34.2 Å². The lowest BCUT2D eigenvalue weighted by Crippen LogP contribution is -2.30. The zero-order valence-electron chi connectivity index (χ0n) is 16.3. The number of aromatic nitrogens is 1. The molecule has 2 amide bonds. The van der Waals surface area contributed by atoms with Crippen molar-refractivity contribution in [3.63, 3.8) is 0 Å². The topological polar surface area (TPSA) is 66.2 Å². The van der Waals surface area contributed by atoms with Crippen molar-refractivity contribution in [3.8, 4) is 5.75 Å².